The van der Waals surface area contributed by atoms with Crippen molar-refractivity contribution in [2.45, 2.75) is 33.1 Å². The van der Waals surface area contributed by atoms with E-state index in [9.17, 15) is 14.4 Å². The molecule has 2 rings (SSSR count). The lowest BCUT2D eigenvalue weighted by atomic mass is 9.96. The first-order valence-corrected chi connectivity index (χ1v) is 8.58. The summed E-state index contributed by atoms with van der Waals surface area (Å²) >= 11 is 0. The van der Waals surface area contributed by atoms with Crippen molar-refractivity contribution < 1.29 is 4.79 Å². The molecule has 3 N–H and O–H groups in total. The number of carbonyl (C=O) groups excluding carboxylic acids is 1. The molecule has 1 aromatic carbocycles. The van der Waals surface area contributed by atoms with Crippen LogP contribution in [0.3, 0.4) is 0 Å². The van der Waals surface area contributed by atoms with Crippen molar-refractivity contribution in [3.05, 3.63) is 56.2 Å². The van der Waals surface area contributed by atoms with E-state index in [0.717, 1.165) is 21.1 Å². The largest absolute Gasteiger partial charge is 0.383 e. The number of amides is 1. The first kappa shape index (κ1) is 19.5. The van der Waals surface area contributed by atoms with E-state index in [1.54, 1.807) is 6.92 Å². The molecule has 0 aliphatic heterocycles. The van der Waals surface area contributed by atoms with Crippen LogP contribution >= 0.6 is 0 Å². The lowest BCUT2D eigenvalue weighted by Gasteiger charge is -2.16. The van der Waals surface area contributed by atoms with Crippen molar-refractivity contribution in [2.24, 2.45) is 20.0 Å². The first-order valence-electron chi connectivity index (χ1n) is 8.58. The molecule has 0 saturated carbocycles. The zero-order valence-corrected chi connectivity index (χ0v) is 15.9. The summed E-state index contributed by atoms with van der Waals surface area (Å²) in [6.45, 7) is 6.07. The highest BCUT2D eigenvalue weighted by Gasteiger charge is 2.20. The maximum atomic E-state index is 12.6. The Morgan fingerprint density at radius 3 is 2.19 bits per heavy atom. The molecule has 0 saturated heterocycles. The van der Waals surface area contributed by atoms with Gasteiger partial charge in [0.15, 0.2) is 0 Å². The van der Waals surface area contributed by atoms with Crippen molar-refractivity contribution >= 4 is 17.4 Å². The molecule has 0 fully saturated rings. The predicted molar refractivity (Wildman–Crippen MR) is 103 cm³/mol. The van der Waals surface area contributed by atoms with Gasteiger partial charge in [-0.1, -0.05) is 38.1 Å². The standard InChI is InChI=1S/C19H26N4O3/c1-11(2)10-13-6-8-14(9-7-13)12(3)17(24)21-15-16(20)22(4)19(26)23(5)18(15)25/h6-9,11-12H,10,20H2,1-5H3,(H,21,24). The summed E-state index contributed by atoms with van der Waals surface area (Å²) in [5.41, 5.74) is 6.65. The lowest BCUT2D eigenvalue weighted by Crippen LogP contribution is -2.40. The summed E-state index contributed by atoms with van der Waals surface area (Å²) in [6, 6.07) is 7.87. The van der Waals surface area contributed by atoms with Crippen LogP contribution in [0.2, 0.25) is 0 Å². The van der Waals surface area contributed by atoms with Crippen LogP contribution in [0, 0.1) is 5.92 Å². The summed E-state index contributed by atoms with van der Waals surface area (Å²) < 4.78 is 2.04. The topological polar surface area (TPSA) is 99.1 Å². The molecule has 0 spiro atoms. The molecule has 0 bridgehead atoms. The van der Waals surface area contributed by atoms with Gasteiger partial charge < -0.3 is 11.1 Å². The Bertz CT molecular complexity index is 924. The van der Waals surface area contributed by atoms with Gasteiger partial charge in [-0.2, -0.15) is 0 Å². The lowest BCUT2D eigenvalue weighted by molar-refractivity contribution is -0.117. The number of anilines is 2. The zero-order chi connectivity index (χ0) is 19.6. The highest BCUT2D eigenvalue weighted by molar-refractivity contribution is 5.97. The number of aromatic nitrogens is 2. The van der Waals surface area contributed by atoms with Gasteiger partial charge in [-0.25, -0.2) is 4.79 Å². The second-order valence-electron chi connectivity index (χ2n) is 7.02. The van der Waals surface area contributed by atoms with E-state index >= 15 is 0 Å². The molecule has 0 radical (unpaired) electrons. The number of hydrogen-bond acceptors (Lipinski definition) is 4. The predicted octanol–water partition coefficient (Wildman–Crippen LogP) is 1.61. The second kappa shape index (κ2) is 7.59. The van der Waals surface area contributed by atoms with Crippen LogP contribution in [-0.2, 0) is 25.3 Å². The SMILES string of the molecule is CC(C)Cc1ccc(C(C)C(=O)Nc2c(N)n(C)c(=O)n(C)c2=O)cc1. The monoisotopic (exact) mass is 358 g/mol. The molecular formula is C19H26N4O3. The molecule has 2 aromatic rings. The molecule has 0 aliphatic carbocycles. The number of nitrogens with one attached hydrogen (secondary N) is 1. The van der Waals surface area contributed by atoms with Crippen LogP contribution in [0.15, 0.2) is 33.9 Å². The number of nitrogen functional groups attached to an aromatic ring is 1. The fraction of sp³-hybridized carbons (Fsp3) is 0.421. The van der Waals surface area contributed by atoms with Gasteiger partial charge in [-0.3, -0.25) is 18.7 Å². The fourth-order valence-corrected chi connectivity index (χ4v) is 2.77. The van der Waals surface area contributed by atoms with Crippen LogP contribution < -0.4 is 22.3 Å². The quantitative estimate of drug-likeness (QED) is 0.848. The second-order valence-corrected chi connectivity index (χ2v) is 7.02. The number of carbonyl (C=O) groups is 1. The average Bonchev–Trinajstić information content (AvgIpc) is 2.61. The minimum atomic E-state index is -0.626. The smallest absolute Gasteiger partial charge is 0.332 e. The van der Waals surface area contributed by atoms with Gasteiger partial charge >= 0.3 is 5.69 Å². The third kappa shape index (κ3) is 3.87. The molecule has 140 valence electrons. The molecule has 1 heterocycles. The van der Waals surface area contributed by atoms with Crippen molar-refractivity contribution in [1.82, 2.24) is 9.13 Å². The van der Waals surface area contributed by atoms with Crippen LogP contribution in [0.4, 0.5) is 11.5 Å². The van der Waals surface area contributed by atoms with Crippen molar-refractivity contribution in [2.75, 3.05) is 11.1 Å². The van der Waals surface area contributed by atoms with Crippen molar-refractivity contribution in [3.8, 4) is 0 Å². The van der Waals surface area contributed by atoms with Gasteiger partial charge in [-0.15, -0.1) is 0 Å². The normalized spacial score (nSPS) is 12.2. The van der Waals surface area contributed by atoms with Crippen molar-refractivity contribution in [1.29, 1.82) is 0 Å². The average molecular weight is 358 g/mol. The Balaban J connectivity index is 2.25. The molecule has 7 heteroatoms. The van der Waals surface area contributed by atoms with E-state index in [2.05, 4.69) is 19.2 Å². The number of nitrogens with zero attached hydrogens (tertiary/aromatic N) is 2. The molecule has 26 heavy (non-hydrogen) atoms. The van der Waals surface area contributed by atoms with E-state index in [4.69, 9.17) is 5.73 Å². The fourth-order valence-electron chi connectivity index (χ4n) is 2.77. The van der Waals surface area contributed by atoms with E-state index in [1.165, 1.54) is 19.7 Å². The Morgan fingerprint density at radius 1 is 1.08 bits per heavy atom. The van der Waals surface area contributed by atoms with E-state index in [0.29, 0.717) is 5.92 Å². The Labute approximate surface area is 152 Å². The highest BCUT2D eigenvalue weighted by atomic mass is 16.2. The Hall–Kier alpha value is -2.83. The minimum absolute atomic E-state index is 0.0640. The van der Waals surface area contributed by atoms with Gasteiger partial charge in [0.05, 0.1) is 5.92 Å². The summed E-state index contributed by atoms with van der Waals surface area (Å²) in [6.07, 6.45) is 0.978. The van der Waals surface area contributed by atoms with Gasteiger partial charge in [0.25, 0.3) is 5.56 Å². The molecule has 1 unspecified atom stereocenters. The zero-order valence-electron chi connectivity index (χ0n) is 15.9. The highest BCUT2D eigenvalue weighted by Crippen LogP contribution is 2.20. The van der Waals surface area contributed by atoms with Crippen LogP contribution in [-0.4, -0.2) is 15.0 Å². The number of rotatable bonds is 5. The van der Waals surface area contributed by atoms with E-state index in [-0.39, 0.29) is 17.4 Å². The molecule has 0 aliphatic rings. The van der Waals surface area contributed by atoms with Gasteiger partial charge in [0.2, 0.25) is 5.91 Å². The maximum absolute atomic E-state index is 12.6. The Kier molecular flexibility index (Phi) is 5.69. The number of nitrogens with two attached hydrogens (primary N) is 1. The van der Waals surface area contributed by atoms with Gasteiger partial charge in [0.1, 0.15) is 11.5 Å². The molecule has 1 aromatic heterocycles. The van der Waals surface area contributed by atoms with Crippen LogP contribution in [0.25, 0.3) is 0 Å². The molecule has 1 amide bonds. The summed E-state index contributed by atoms with van der Waals surface area (Å²) in [5.74, 6) is -0.329. The van der Waals surface area contributed by atoms with Gasteiger partial charge in [0, 0.05) is 14.1 Å². The minimum Gasteiger partial charge on any atom is -0.383 e. The van der Waals surface area contributed by atoms with E-state index in [1.807, 2.05) is 24.3 Å². The Morgan fingerprint density at radius 2 is 1.65 bits per heavy atom. The molecular weight excluding hydrogens is 332 g/mol. The first-order chi connectivity index (χ1) is 12.1. The third-order valence-electron chi connectivity index (χ3n) is 4.48. The summed E-state index contributed by atoms with van der Waals surface area (Å²) in [4.78, 5) is 36.7. The van der Waals surface area contributed by atoms with Crippen molar-refractivity contribution in [3.63, 3.8) is 0 Å². The summed E-state index contributed by atoms with van der Waals surface area (Å²) in [5, 5.41) is 2.58. The van der Waals surface area contributed by atoms with Gasteiger partial charge in [-0.05, 0) is 30.4 Å². The van der Waals surface area contributed by atoms with Crippen LogP contribution in [0.5, 0.6) is 0 Å². The number of hydrogen-bond donors (Lipinski definition) is 2. The van der Waals surface area contributed by atoms with E-state index < -0.39 is 17.2 Å². The third-order valence-corrected chi connectivity index (χ3v) is 4.48. The number of benzene rings is 1. The summed E-state index contributed by atoms with van der Waals surface area (Å²) in [7, 11) is 2.79. The molecule has 1 atom stereocenters. The van der Waals surface area contributed by atoms with Crippen LogP contribution in [0.1, 0.15) is 37.8 Å². The maximum Gasteiger partial charge on any atom is 0.332 e. The molecule has 7 nitrogen and oxygen atoms in total.